The van der Waals surface area contributed by atoms with Crippen LogP contribution in [-0.2, 0) is 0 Å². The zero-order chi connectivity index (χ0) is 19.6. The number of rotatable bonds is 4. The monoisotopic (exact) mass is 384 g/mol. The SMILES string of the molecule is CN1CCCCC1COc1ccc(N2C(N)=NC(N)=NC23CCCCC3)cc1. The van der Waals surface area contributed by atoms with E-state index in [1.807, 2.05) is 12.1 Å². The lowest BCUT2D eigenvalue weighted by molar-refractivity contribution is 0.125. The van der Waals surface area contributed by atoms with Crippen LogP contribution < -0.4 is 21.1 Å². The van der Waals surface area contributed by atoms with Crippen molar-refractivity contribution < 1.29 is 4.74 Å². The van der Waals surface area contributed by atoms with Crippen molar-refractivity contribution in [1.82, 2.24) is 4.90 Å². The Morgan fingerprint density at radius 2 is 1.82 bits per heavy atom. The molecule has 2 aliphatic heterocycles. The van der Waals surface area contributed by atoms with Gasteiger partial charge in [-0.2, -0.15) is 4.99 Å². The number of hydrogen-bond donors (Lipinski definition) is 2. The number of nitrogens with two attached hydrogens (primary N) is 2. The fraction of sp³-hybridized carbons (Fsp3) is 0.619. The van der Waals surface area contributed by atoms with Gasteiger partial charge in [0.05, 0.1) is 0 Å². The summed E-state index contributed by atoms with van der Waals surface area (Å²) in [7, 11) is 2.19. The number of likely N-dealkylation sites (N-methyl/N-ethyl adjacent to an activating group) is 1. The van der Waals surface area contributed by atoms with Gasteiger partial charge in [-0.15, -0.1) is 0 Å². The van der Waals surface area contributed by atoms with Gasteiger partial charge >= 0.3 is 0 Å². The van der Waals surface area contributed by atoms with Crippen LogP contribution in [-0.4, -0.2) is 48.7 Å². The Hall–Kier alpha value is -2.28. The summed E-state index contributed by atoms with van der Waals surface area (Å²) in [5.74, 6) is 1.59. The Kier molecular flexibility index (Phi) is 5.44. The van der Waals surface area contributed by atoms with Gasteiger partial charge in [-0.3, -0.25) is 4.90 Å². The molecule has 3 aliphatic rings. The zero-order valence-electron chi connectivity index (χ0n) is 16.8. The van der Waals surface area contributed by atoms with Crippen molar-refractivity contribution in [2.24, 2.45) is 21.5 Å². The van der Waals surface area contributed by atoms with Crippen LogP contribution in [0.25, 0.3) is 0 Å². The Balaban J connectivity index is 1.48. The molecular formula is C21H32N6O. The van der Waals surface area contributed by atoms with Gasteiger partial charge in [-0.25, -0.2) is 4.99 Å². The van der Waals surface area contributed by atoms with Crippen molar-refractivity contribution in [3.63, 3.8) is 0 Å². The van der Waals surface area contributed by atoms with Gasteiger partial charge in [0.2, 0.25) is 11.9 Å². The summed E-state index contributed by atoms with van der Waals surface area (Å²) in [6.45, 7) is 1.89. The molecule has 4 rings (SSSR count). The van der Waals surface area contributed by atoms with E-state index in [2.05, 4.69) is 34.0 Å². The largest absolute Gasteiger partial charge is 0.492 e. The molecule has 152 valence electrons. The highest BCUT2D eigenvalue weighted by molar-refractivity contribution is 6.05. The molecule has 1 aromatic carbocycles. The first-order chi connectivity index (χ1) is 13.6. The van der Waals surface area contributed by atoms with E-state index in [0.717, 1.165) is 50.3 Å². The van der Waals surface area contributed by atoms with Gasteiger partial charge in [0.1, 0.15) is 18.0 Å². The number of piperidine rings is 1. The van der Waals surface area contributed by atoms with Crippen LogP contribution in [0.5, 0.6) is 5.75 Å². The molecule has 28 heavy (non-hydrogen) atoms. The van der Waals surface area contributed by atoms with E-state index in [4.69, 9.17) is 21.2 Å². The van der Waals surface area contributed by atoms with Crippen molar-refractivity contribution in [3.05, 3.63) is 24.3 Å². The standard InChI is InChI=1S/C21H32N6O/c1-26-14-6-3-7-17(26)15-28-18-10-8-16(9-11-18)27-20(23)24-19(22)25-21(27)12-4-2-5-13-21/h8-11,17H,2-7,12-15H2,1H3,(H4,22,23,24,25). The summed E-state index contributed by atoms with van der Waals surface area (Å²) in [6.07, 6.45) is 9.13. The topological polar surface area (TPSA) is 92.5 Å². The third-order valence-corrected chi connectivity index (χ3v) is 6.31. The normalized spacial score (nSPS) is 25.3. The van der Waals surface area contributed by atoms with E-state index in [1.54, 1.807) is 0 Å². The highest BCUT2D eigenvalue weighted by Gasteiger charge is 2.42. The molecule has 1 saturated carbocycles. The van der Waals surface area contributed by atoms with Crippen molar-refractivity contribution >= 4 is 17.6 Å². The van der Waals surface area contributed by atoms with Crippen molar-refractivity contribution in [2.75, 3.05) is 25.1 Å². The Morgan fingerprint density at radius 1 is 1.07 bits per heavy atom. The molecule has 2 fully saturated rings. The van der Waals surface area contributed by atoms with Crippen molar-refractivity contribution in [3.8, 4) is 5.75 Å². The first-order valence-electron chi connectivity index (χ1n) is 10.5. The average molecular weight is 385 g/mol. The number of hydrogen-bond acceptors (Lipinski definition) is 7. The lowest BCUT2D eigenvalue weighted by Gasteiger charge is -2.45. The number of nitrogens with zero attached hydrogens (tertiary/aromatic N) is 4. The first kappa shape index (κ1) is 19.1. The van der Waals surface area contributed by atoms with E-state index in [9.17, 15) is 0 Å². The number of benzene rings is 1. The summed E-state index contributed by atoms with van der Waals surface area (Å²) >= 11 is 0. The zero-order valence-corrected chi connectivity index (χ0v) is 16.8. The highest BCUT2D eigenvalue weighted by Crippen LogP contribution is 2.39. The van der Waals surface area contributed by atoms with E-state index >= 15 is 0 Å². The molecule has 1 aliphatic carbocycles. The van der Waals surface area contributed by atoms with Crippen LogP contribution in [0.15, 0.2) is 34.3 Å². The van der Waals surface area contributed by atoms with Gasteiger partial charge in [-0.1, -0.05) is 12.8 Å². The molecular weight excluding hydrogens is 352 g/mol. The number of likely N-dealkylation sites (tertiary alicyclic amines) is 1. The fourth-order valence-corrected chi connectivity index (χ4v) is 4.73. The Morgan fingerprint density at radius 3 is 2.54 bits per heavy atom. The number of anilines is 1. The number of aliphatic imine (C=N–C) groups is 2. The summed E-state index contributed by atoms with van der Waals surface area (Å²) in [6, 6.07) is 8.64. The van der Waals surface area contributed by atoms with Crippen molar-refractivity contribution in [2.45, 2.75) is 63.1 Å². The maximum Gasteiger partial charge on any atom is 0.220 e. The second-order valence-electron chi connectivity index (χ2n) is 8.25. The number of ether oxygens (including phenoxy) is 1. The predicted octanol–water partition coefficient (Wildman–Crippen LogP) is 2.66. The van der Waals surface area contributed by atoms with Crippen LogP contribution in [0.4, 0.5) is 5.69 Å². The Bertz CT molecular complexity index is 738. The smallest absolute Gasteiger partial charge is 0.220 e. The molecule has 1 spiro atoms. The van der Waals surface area contributed by atoms with Crippen LogP contribution in [0.3, 0.4) is 0 Å². The molecule has 1 aromatic rings. The summed E-state index contributed by atoms with van der Waals surface area (Å²) in [5, 5.41) is 0. The predicted molar refractivity (Wildman–Crippen MR) is 114 cm³/mol. The molecule has 1 saturated heterocycles. The molecule has 7 heteroatoms. The molecule has 7 nitrogen and oxygen atoms in total. The maximum absolute atomic E-state index is 6.29. The first-order valence-corrected chi connectivity index (χ1v) is 10.5. The van der Waals surface area contributed by atoms with Gasteiger partial charge in [-0.05, 0) is 76.4 Å². The fourth-order valence-electron chi connectivity index (χ4n) is 4.73. The van der Waals surface area contributed by atoms with Crippen LogP contribution in [0, 0.1) is 0 Å². The molecule has 1 atom stereocenters. The summed E-state index contributed by atoms with van der Waals surface area (Å²) in [4.78, 5) is 13.4. The molecule has 2 heterocycles. The molecule has 0 bridgehead atoms. The molecule has 1 unspecified atom stereocenters. The second-order valence-corrected chi connectivity index (χ2v) is 8.25. The summed E-state index contributed by atoms with van der Waals surface area (Å²) in [5.41, 5.74) is 12.8. The van der Waals surface area contributed by atoms with E-state index in [1.165, 1.54) is 25.7 Å². The minimum absolute atomic E-state index is 0.284. The van der Waals surface area contributed by atoms with Gasteiger partial charge in [0.25, 0.3) is 0 Å². The van der Waals surface area contributed by atoms with E-state index in [-0.39, 0.29) is 5.96 Å². The van der Waals surface area contributed by atoms with Gasteiger partial charge < -0.3 is 21.1 Å². The van der Waals surface area contributed by atoms with Gasteiger partial charge in [0.15, 0.2) is 0 Å². The third-order valence-electron chi connectivity index (χ3n) is 6.31. The van der Waals surface area contributed by atoms with E-state index < -0.39 is 5.66 Å². The Labute approximate surface area is 167 Å². The minimum atomic E-state index is -0.401. The molecule has 4 N–H and O–H groups in total. The minimum Gasteiger partial charge on any atom is -0.492 e. The lowest BCUT2D eigenvalue weighted by atomic mass is 9.87. The van der Waals surface area contributed by atoms with Crippen LogP contribution in [0.2, 0.25) is 0 Å². The maximum atomic E-state index is 6.29. The molecule has 0 amide bonds. The molecule has 0 aromatic heterocycles. The number of guanidine groups is 2. The van der Waals surface area contributed by atoms with Crippen molar-refractivity contribution in [1.29, 1.82) is 0 Å². The van der Waals surface area contributed by atoms with Crippen LogP contribution >= 0.6 is 0 Å². The third kappa shape index (κ3) is 3.81. The van der Waals surface area contributed by atoms with Crippen LogP contribution in [0.1, 0.15) is 51.4 Å². The van der Waals surface area contributed by atoms with Gasteiger partial charge in [0, 0.05) is 11.7 Å². The molecule has 0 radical (unpaired) electrons. The second kappa shape index (κ2) is 7.99. The summed E-state index contributed by atoms with van der Waals surface area (Å²) < 4.78 is 6.07. The van der Waals surface area contributed by atoms with E-state index in [0.29, 0.717) is 12.0 Å². The quantitative estimate of drug-likeness (QED) is 0.832. The lowest BCUT2D eigenvalue weighted by Crippen LogP contribution is -2.58. The average Bonchev–Trinajstić information content (AvgIpc) is 2.68. The highest BCUT2D eigenvalue weighted by atomic mass is 16.5.